The molecule has 6 heteroatoms. The van der Waals surface area contributed by atoms with Crippen molar-refractivity contribution in [2.45, 2.75) is 33.2 Å². The van der Waals surface area contributed by atoms with Gasteiger partial charge in [-0.1, -0.05) is 20.8 Å². The van der Waals surface area contributed by atoms with Gasteiger partial charge in [0, 0.05) is 11.6 Å². The van der Waals surface area contributed by atoms with Gasteiger partial charge in [-0.3, -0.25) is 9.59 Å². The number of carbonyl (C=O) groups excluding carboxylic acids is 2. The second-order valence-corrected chi connectivity index (χ2v) is 6.90. The zero-order chi connectivity index (χ0) is 16.2. The van der Waals surface area contributed by atoms with Crippen LogP contribution in [-0.4, -0.2) is 40.7 Å². The summed E-state index contributed by atoms with van der Waals surface area (Å²) in [5.41, 5.74) is -0.00113. The van der Waals surface area contributed by atoms with Gasteiger partial charge in [-0.15, -0.1) is 0 Å². The van der Waals surface area contributed by atoms with Crippen LogP contribution < -0.4 is 5.32 Å². The Kier molecular flexibility index (Phi) is 5.78. The molecule has 0 aromatic carbocycles. The molecule has 0 bridgehead atoms. The average molecular weight is 311 g/mol. The number of carboxylic acid groups (broad SMARTS) is 1. The van der Waals surface area contributed by atoms with E-state index in [9.17, 15) is 19.5 Å². The maximum atomic E-state index is 12.4. The van der Waals surface area contributed by atoms with Crippen molar-refractivity contribution in [3.05, 3.63) is 23.4 Å². The number of Topliss-reactive ketones (excluding diaryl/α,β-unsaturated/α-hetero) is 1. The van der Waals surface area contributed by atoms with Crippen molar-refractivity contribution < 1.29 is 19.5 Å². The number of carboxylic acids is 1. The number of nitrogens with one attached hydrogen (secondary N) is 1. The van der Waals surface area contributed by atoms with Crippen LogP contribution >= 0.6 is 11.8 Å². The SMILES string of the molecule is CSCC[C@H](NC1=CC(=O)C=C(C(C)(C)C)C1=O)C(=O)O. The van der Waals surface area contributed by atoms with Crippen LogP contribution in [0, 0.1) is 5.41 Å². The van der Waals surface area contributed by atoms with Gasteiger partial charge in [0.2, 0.25) is 5.78 Å². The molecule has 1 rings (SSSR count). The van der Waals surface area contributed by atoms with E-state index in [4.69, 9.17) is 0 Å². The van der Waals surface area contributed by atoms with Crippen molar-refractivity contribution >= 4 is 29.3 Å². The van der Waals surface area contributed by atoms with Crippen LogP contribution in [-0.2, 0) is 14.4 Å². The molecule has 0 spiro atoms. The summed E-state index contributed by atoms with van der Waals surface area (Å²) in [6.07, 6.45) is 4.76. The molecule has 0 fully saturated rings. The zero-order valence-electron chi connectivity index (χ0n) is 12.7. The fourth-order valence-corrected chi connectivity index (χ4v) is 2.42. The molecular weight excluding hydrogens is 290 g/mol. The van der Waals surface area contributed by atoms with E-state index in [0.717, 1.165) is 0 Å². The lowest BCUT2D eigenvalue weighted by Gasteiger charge is -2.26. The second-order valence-electron chi connectivity index (χ2n) is 5.91. The predicted molar refractivity (Wildman–Crippen MR) is 83.2 cm³/mol. The largest absolute Gasteiger partial charge is 0.480 e. The fourth-order valence-electron chi connectivity index (χ4n) is 1.95. The summed E-state index contributed by atoms with van der Waals surface area (Å²) in [5.74, 6) is -0.980. The molecule has 21 heavy (non-hydrogen) atoms. The highest BCUT2D eigenvalue weighted by molar-refractivity contribution is 7.98. The number of allylic oxidation sites excluding steroid dienone is 3. The lowest BCUT2D eigenvalue weighted by atomic mass is 9.80. The number of ketones is 2. The van der Waals surface area contributed by atoms with Crippen molar-refractivity contribution in [3.63, 3.8) is 0 Å². The molecule has 1 aliphatic carbocycles. The third kappa shape index (κ3) is 4.74. The molecule has 0 amide bonds. The lowest BCUT2D eigenvalue weighted by Crippen LogP contribution is -2.41. The van der Waals surface area contributed by atoms with Gasteiger partial charge in [0.1, 0.15) is 6.04 Å². The number of hydrogen-bond acceptors (Lipinski definition) is 5. The molecular formula is C15H21NO4S. The minimum Gasteiger partial charge on any atom is -0.480 e. The number of carbonyl (C=O) groups is 3. The van der Waals surface area contributed by atoms with Gasteiger partial charge in [-0.05, 0) is 29.9 Å². The Bertz CT molecular complexity index is 514. The van der Waals surface area contributed by atoms with Crippen LogP contribution in [0.15, 0.2) is 23.4 Å². The molecule has 0 saturated carbocycles. The predicted octanol–water partition coefficient (Wildman–Crippen LogP) is 1.79. The standard InChI is InChI=1S/C15H21NO4S/c1-15(2,3)10-7-9(17)8-12(13(10)18)16-11(14(19)20)5-6-21-4/h7-8,11,16H,5-6H2,1-4H3,(H,19,20)/t11-/m0/s1. The molecule has 116 valence electrons. The highest BCUT2D eigenvalue weighted by Gasteiger charge is 2.32. The molecule has 0 unspecified atom stereocenters. The van der Waals surface area contributed by atoms with E-state index in [1.165, 1.54) is 23.9 Å². The minimum absolute atomic E-state index is 0.0703. The smallest absolute Gasteiger partial charge is 0.326 e. The Morgan fingerprint density at radius 2 is 1.95 bits per heavy atom. The van der Waals surface area contributed by atoms with Gasteiger partial charge >= 0.3 is 5.97 Å². The molecule has 1 aliphatic rings. The molecule has 5 nitrogen and oxygen atoms in total. The number of rotatable bonds is 6. The Hall–Kier alpha value is -1.56. The summed E-state index contributed by atoms with van der Waals surface area (Å²) >= 11 is 1.53. The van der Waals surface area contributed by atoms with Crippen LogP contribution in [0.4, 0.5) is 0 Å². The monoisotopic (exact) mass is 311 g/mol. The molecule has 0 heterocycles. The first-order chi connectivity index (χ1) is 9.66. The van der Waals surface area contributed by atoms with Crippen LogP contribution in [0.5, 0.6) is 0 Å². The summed E-state index contributed by atoms with van der Waals surface area (Å²) in [5, 5.41) is 11.9. The van der Waals surface area contributed by atoms with Crippen LogP contribution in [0.25, 0.3) is 0 Å². The maximum Gasteiger partial charge on any atom is 0.326 e. The van der Waals surface area contributed by atoms with Crippen molar-refractivity contribution in [1.82, 2.24) is 5.32 Å². The van der Waals surface area contributed by atoms with Gasteiger partial charge in [0.15, 0.2) is 5.78 Å². The normalized spacial score (nSPS) is 17.1. The van der Waals surface area contributed by atoms with E-state index in [-0.39, 0.29) is 17.3 Å². The second kappa shape index (κ2) is 6.93. The maximum absolute atomic E-state index is 12.4. The minimum atomic E-state index is -1.03. The summed E-state index contributed by atoms with van der Waals surface area (Å²) in [4.78, 5) is 35.4. The average Bonchev–Trinajstić information content (AvgIpc) is 2.36. The third-order valence-corrected chi connectivity index (χ3v) is 3.75. The molecule has 0 aromatic heterocycles. The summed E-state index contributed by atoms with van der Waals surface area (Å²) < 4.78 is 0. The Labute approximate surface area is 128 Å². The van der Waals surface area contributed by atoms with Gasteiger partial charge in [0.25, 0.3) is 0 Å². The third-order valence-electron chi connectivity index (χ3n) is 3.11. The summed E-state index contributed by atoms with van der Waals surface area (Å²) in [6, 6.07) is -0.875. The van der Waals surface area contributed by atoms with Gasteiger partial charge in [0.05, 0.1) is 5.70 Å². The summed E-state index contributed by atoms with van der Waals surface area (Å²) in [6.45, 7) is 5.53. The molecule has 0 aromatic rings. The fraction of sp³-hybridized carbons (Fsp3) is 0.533. The number of hydrogen-bond donors (Lipinski definition) is 2. The van der Waals surface area contributed by atoms with E-state index >= 15 is 0 Å². The van der Waals surface area contributed by atoms with Crippen molar-refractivity contribution in [2.24, 2.45) is 5.41 Å². The quantitative estimate of drug-likeness (QED) is 0.728. The van der Waals surface area contributed by atoms with Crippen molar-refractivity contribution in [3.8, 4) is 0 Å². The Morgan fingerprint density at radius 3 is 2.43 bits per heavy atom. The van der Waals surface area contributed by atoms with Gasteiger partial charge in [-0.2, -0.15) is 11.8 Å². The number of thioether (sulfide) groups is 1. The lowest BCUT2D eigenvalue weighted by molar-refractivity contribution is -0.139. The van der Waals surface area contributed by atoms with Crippen molar-refractivity contribution in [1.29, 1.82) is 0 Å². The highest BCUT2D eigenvalue weighted by atomic mass is 32.2. The van der Waals surface area contributed by atoms with E-state index < -0.39 is 17.4 Å². The molecule has 2 N–H and O–H groups in total. The van der Waals surface area contributed by atoms with Gasteiger partial charge in [-0.25, -0.2) is 4.79 Å². The topological polar surface area (TPSA) is 83.5 Å². The first-order valence-electron chi connectivity index (χ1n) is 6.67. The Morgan fingerprint density at radius 1 is 1.33 bits per heavy atom. The highest BCUT2D eigenvalue weighted by Crippen LogP contribution is 2.29. The van der Waals surface area contributed by atoms with E-state index in [1.54, 1.807) is 0 Å². The molecule has 0 radical (unpaired) electrons. The number of aliphatic carboxylic acids is 1. The van der Waals surface area contributed by atoms with E-state index in [2.05, 4.69) is 5.32 Å². The molecule has 1 atom stereocenters. The first kappa shape index (κ1) is 17.5. The Balaban J connectivity index is 2.95. The van der Waals surface area contributed by atoms with Crippen LogP contribution in [0.1, 0.15) is 27.2 Å². The van der Waals surface area contributed by atoms with E-state index in [1.807, 2.05) is 27.0 Å². The van der Waals surface area contributed by atoms with E-state index in [0.29, 0.717) is 17.7 Å². The zero-order valence-corrected chi connectivity index (χ0v) is 13.5. The van der Waals surface area contributed by atoms with Crippen LogP contribution in [0.3, 0.4) is 0 Å². The van der Waals surface area contributed by atoms with Crippen LogP contribution in [0.2, 0.25) is 0 Å². The van der Waals surface area contributed by atoms with Crippen molar-refractivity contribution in [2.75, 3.05) is 12.0 Å². The molecule has 0 aliphatic heterocycles. The molecule has 0 saturated heterocycles. The first-order valence-corrected chi connectivity index (χ1v) is 8.07. The summed E-state index contributed by atoms with van der Waals surface area (Å²) in [7, 11) is 0. The van der Waals surface area contributed by atoms with Gasteiger partial charge < -0.3 is 10.4 Å².